The molecule has 0 aromatic heterocycles. The van der Waals surface area contributed by atoms with E-state index in [4.69, 9.17) is 10.5 Å². The second-order valence-electron chi connectivity index (χ2n) is 5.53. The lowest BCUT2D eigenvalue weighted by atomic mass is 9.81. The number of amides is 1. The van der Waals surface area contributed by atoms with Gasteiger partial charge in [0.1, 0.15) is 6.10 Å². The molecule has 1 amide bonds. The molecular formula is C15H26N2O4. The second-order valence-corrected chi connectivity index (χ2v) is 5.53. The van der Waals surface area contributed by atoms with Crippen LogP contribution < -0.4 is 11.1 Å². The van der Waals surface area contributed by atoms with Crippen molar-refractivity contribution < 1.29 is 19.4 Å². The van der Waals surface area contributed by atoms with Gasteiger partial charge >= 0.3 is 5.97 Å². The molecule has 0 saturated heterocycles. The quantitative estimate of drug-likeness (QED) is 0.684. The first kappa shape index (κ1) is 17.7. The maximum absolute atomic E-state index is 11.4. The molecule has 0 spiro atoms. The van der Waals surface area contributed by atoms with E-state index in [1.807, 2.05) is 20.8 Å². The Bertz CT molecular complexity index is 433. The summed E-state index contributed by atoms with van der Waals surface area (Å²) in [7, 11) is 0. The molecular weight excluding hydrogens is 272 g/mol. The minimum Gasteiger partial charge on any atom is -0.478 e. The summed E-state index contributed by atoms with van der Waals surface area (Å²) < 4.78 is 5.99. The summed E-state index contributed by atoms with van der Waals surface area (Å²) in [6, 6.07) is -0.862. The normalized spacial score (nSPS) is 27.4. The highest BCUT2D eigenvalue weighted by molar-refractivity contribution is 5.88. The molecule has 0 aromatic rings. The van der Waals surface area contributed by atoms with Gasteiger partial charge in [-0.2, -0.15) is 0 Å². The summed E-state index contributed by atoms with van der Waals surface area (Å²) in [5, 5.41) is 12.2. The first-order valence-corrected chi connectivity index (χ1v) is 7.45. The molecule has 4 N–H and O–H groups in total. The zero-order valence-corrected chi connectivity index (χ0v) is 13.2. The van der Waals surface area contributed by atoms with Crippen LogP contribution in [-0.2, 0) is 14.3 Å². The Morgan fingerprint density at radius 2 is 2.10 bits per heavy atom. The van der Waals surface area contributed by atoms with Crippen molar-refractivity contribution in [3.63, 3.8) is 0 Å². The molecule has 0 heterocycles. The number of carbonyl (C=O) groups is 2. The number of nitrogens with two attached hydrogens (primary N) is 1. The number of nitrogens with one attached hydrogen (secondary N) is 1. The Labute approximate surface area is 125 Å². The summed E-state index contributed by atoms with van der Waals surface area (Å²) in [6.45, 7) is 7.24. The second kappa shape index (κ2) is 7.56. The third kappa shape index (κ3) is 4.28. The van der Waals surface area contributed by atoms with Crippen LogP contribution in [0.15, 0.2) is 11.1 Å². The van der Waals surface area contributed by atoms with Gasteiger partial charge in [-0.1, -0.05) is 13.8 Å². The number of carboxylic acid groups (broad SMARTS) is 1. The number of rotatable bonds is 6. The van der Waals surface area contributed by atoms with Gasteiger partial charge in [0, 0.05) is 18.5 Å². The van der Waals surface area contributed by atoms with Crippen LogP contribution in [0.25, 0.3) is 0 Å². The van der Waals surface area contributed by atoms with E-state index >= 15 is 0 Å². The highest BCUT2D eigenvalue weighted by Crippen LogP contribution is 2.31. The smallest absolute Gasteiger partial charge is 0.331 e. The Morgan fingerprint density at radius 1 is 1.48 bits per heavy atom. The third-order valence-electron chi connectivity index (χ3n) is 3.92. The van der Waals surface area contributed by atoms with E-state index in [2.05, 4.69) is 5.32 Å². The topological polar surface area (TPSA) is 102 Å². The van der Waals surface area contributed by atoms with Gasteiger partial charge in [-0.25, -0.2) is 4.79 Å². The van der Waals surface area contributed by atoms with E-state index in [0.717, 1.165) is 12.0 Å². The van der Waals surface area contributed by atoms with Crippen molar-refractivity contribution in [2.45, 2.75) is 71.2 Å². The van der Waals surface area contributed by atoms with Crippen molar-refractivity contribution in [1.82, 2.24) is 5.32 Å². The van der Waals surface area contributed by atoms with Gasteiger partial charge in [-0.3, -0.25) is 4.79 Å². The zero-order chi connectivity index (χ0) is 16.2. The maximum Gasteiger partial charge on any atom is 0.331 e. The van der Waals surface area contributed by atoms with Crippen molar-refractivity contribution in [3.8, 4) is 0 Å². The largest absolute Gasteiger partial charge is 0.478 e. The first-order chi connectivity index (χ1) is 9.81. The predicted octanol–water partition coefficient (Wildman–Crippen LogP) is 1.20. The molecule has 6 nitrogen and oxygen atoms in total. The van der Waals surface area contributed by atoms with E-state index < -0.39 is 24.2 Å². The van der Waals surface area contributed by atoms with Gasteiger partial charge in [0.2, 0.25) is 5.91 Å². The molecule has 0 radical (unpaired) electrons. The van der Waals surface area contributed by atoms with Crippen molar-refractivity contribution >= 4 is 11.9 Å². The minimum atomic E-state index is -0.957. The fourth-order valence-electron chi connectivity index (χ4n) is 2.68. The molecule has 1 aliphatic carbocycles. The monoisotopic (exact) mass is 298 g/mol. The van der Waals surface area contributed by atoms with Crippen molar-refractivity contribution in [3.05, 3.63) is 11.1 Å². The molecule has 120 valence electrons. The Morgan fingerprint density at radius 3 is 2.52 bits per heavy atom. The number of hydrogen-bond donors (Lipinski definition) is 3. The van der Waals surface area contributed by atoms with Crippen LogP contribution in [0.5, 0.6) is 0 Å². The van der Waals surface area contributed by atoms with Gasteiger partial charge in [0.25, 0.3) is 0 Å². The SMILES string of the molecule is CCC1=C(C(=O)O)C[C@H](N)[C@@H](NC(C)=O)[C@@H]1OC(C)CC. The molecule has 0 aliphatic heterocycles. The Balaban J connectivity index is 3.20. The Kier molecular flexibility index (Phi) is 6.36. The highest BCUT2D eigenvalue weighted by Gasteiger charge is 2.39. The molecule has 0 bridgehead atoms. The van der Waals surface area contributed by atoms with Crippen LogP contribution in [0, 0.1) is 0 Å². The van der Waals surface area contributed by atoms with Gasteiger partial charge in [0.05, 0.1) is 12.1 Å². The van der Waals surface area contributed by atoms with Gasteiger partial charge in [-0.05, 0) is 31.8 Å². The van der Waals surface area contributed by atoms with Crippen LogP contribution in [0.1, 0.15) is 47.0 Å². The molecule has 0 fully saturated rings. The minimum absolute atomic E-state index is 0.0341. The van der Waals surface area contributed by atoms with Crippen LogP contribution >= 0.6 is 0 Å². The first-order valence-electron chi connectivity index (χ1n) is 7.45. The van der Waals surface area contributed by atoms with E-state index in [-0.39, 0.29) is 18.4 Å². The number of hydrogen-bond acceptors (Lipinski definition) is 4. The van der Waals surface area contributed by atoms with Crippen molar-refractivity contribution in [1.29, 1.82) is 0 Å². The predicted molar refractivity (Wildman–Crippen MR) is 79.8 cm³/mol. The van der Waals surface area contributed by atoms with Gasteiger partial charge in [-0.15, -0.1) is 0 Å². The molecule has 21 heavy (non-hydrogen) atoms. The van der Waals surface area contributed by atoms with Crippen LogP contribution in [0.3, 0.4) is 0 Å². The molecule has 1 aliphatic rings. The van der Waals surface area contributed by atoms with Crippen LogP contribution in [0.4, 0.5) is 0 Å². The van der Waals surface area contributed by atoms with Gasteiger partial charge < -0.3 is 20.9 Å². The summed E-state index contributed by atoms with van der Waals surface area (Å²) in [6.07, 6.45) is 1.09. The number of carbonyl (C=O) groups excluding carboxylic acids is 1. The standard InChI is InChI=1S/C15H26N2O4/c1-5-8(3)21-14-10(6-2)11(15(19)20)7-12(16)13(14)17-9(4)18/h8,12-14H,5-7,16H2,1-4H3,(H,17,18)(H,19,20)/t8?,12-,13+,14+/m0/s1. The lowest BCUT2D eigenvalue weighted by Crippen LogP contribution is -2.58. The average Bonchev–Trinajstić information content (AvgIpc) is 2.41. The highest BCUT2D eigenvalue weighted by atomic mass is 16.5. The lowest BCUT2D eigenvalue weighted by molar-refractivity contribution is -0.133. The molecule has 4 atom stereocenters. The van der Waals surface area contributed by atoms with E-state index in [0.29, 0.717) is 12.0 Å². The average molecular weight is 298 g/mol. The van der Waals surface area contributed by atoms with Crippen molar-refractivity contribution in [2.75, 3.05) is 0 Å². The van der Waals surface area contributed by atoms with E-state index in [1.54, 1.807) is 0 Å². The van der Waals surface area contributed by atoms with E-state index in [1.165, 1.54) is 6.92 Å². The lowest BCUT2D eigenvalue weighted by Gasteiger charge is -2.39. The van der Waals surface area contributed by atoms with Crippen LogP contribution in [0.2, 0.25) is 0 Å². The molecule has 0 saturated carbocycles. The fourth-order valence-corrected chi connectivity index (χ4v) is 2.68. The fraction of sp³-hybridized carbons (Fsp3) is 0.733. The Hall–Kier alpha value is -1.40. The van der Waals surface area contributed by atoms with Crippen LogP contribution in [-0.4, -0.2) is 41.3 Å². The summed E-state index contributed by atoms with van der Waals surface area (Å²) in [5.41, 5.74) is 7.13. The zero-order valence-electron chi connectivity index (χ0n) is 13.2. The molecule has 1 unspecified atom stereocenters. The summed E-state index contributed by atoms with van der Waals surface area (Å²) in [5.74, 6) is -1.15. The number of carboxylic acids is 1. The number of ether oxygens (including phenoxy) is 1. The molecule has 0 aromatic carbocycles. The van der Waals surface area contributed by atoms with E-state index in [9.17, 15) is 14.7 Å². The maximum atomic E-state index is 11.4. The summed E-state index contributed by atoms with van der Waals surface area (Å²) in [4.78, 5) is 22.9. The summed E-state index contributed by atoms with van der Waals surface area (Å²) >= 11 is 0. The number of aliphatic carboxylic acids is 1. The van der Waals surface area contributed by atoms with Crippen molar-refractivity contribution in [2.24, 2.45) is 5.73 Å². The third-order valence-corrected chi connectivity index (χ3v) is 3.92. The van der Waals surface area contributed by atoms with Gasteiger partial charge in [0.15, 0.2) is 0 Å². The molecule has 6 heteroatoms. The molecule has 1 rings (SSSR count).